The van der Waals surface area contributed by atoms with Gasteiger partial charge in [-0.2, -0.15) is 0 Å². The number of carbonyl (C=O) groups is 1. The van der Waals surface area contributed by atoms with Crippen LogP contribution in [0, 0.1) is 6.92 Å². The molecule has 1 heterocycles. The quantitative estimate of drug-likeness (QED) is 0.276. The van der Waals surface area contributed by atoms with Gasteiger partial charge in [-0.15, -0.1) is 24.0 Å². The van der Waals surface area contributed by atoms with Crippen molar-refractivity contribution in [3.05, 3.63) is 64.7 Å². The standard InChI is InChI=1S/C25H34N4O2.HI/c1-4-26-25(28-17-22-13-8-19(3)15-23(22)31-5-2)27-16-20-9-11-21(12-10-20)18-29-14-6-7-24(29)30;/h8-13,15H,4-7,14,16-18H2,1-3H3,(H2,26,27,28);1H. The monoisotopic (exact) mass is 550 g/mol. The number of aliphatic imine (C=N–C) groups is 1. The Morgan fingerprint density at radius 3 is 2.50 bits per heavy atom. The van der Waals surface area contributed by atoms with E-state index in [9.17, 15) is 4.79 Å². The van der Waals surface area contributed by atoms with E-state index in [-0.39, 0.29) is 29.9 Å². The molecule has 32 heavy (non-hydrogen) atoms. The van der Waals surface area contributed by atoms with Crippen molar-refractivity contribution in [1.82, 2.24) is 15.5 Å². The highest BCUT2D eigenvalue weighted by atomic mass is 127. The summed E-state index contributed by atoms with van der Waals surface area (Å²) in [7, 11) is 0. The Balaban J connectivity index is 0.00000363. The zero-order valence-corrected chi connectivity index (χ0v) is 21.6. The predicted molar refractivity (Wildman–Crippen MR) is 141 cm³/mol. The number of halogens is 1. The van der Waals surface area contributed by atoms with Crippen LogP contribution in [0.5, 0.6) is 5.75 Å². The van der Waals surface area contributed by atoms with E-state index in [1.165, 1.54) is 5.56 Å². The van der Waals surface area contributed by atoms with E-state index in [1.54, 1.807) is 0 Å². The van der Waals surface area contributed by atoms with Crippen LogP contribution in [0.25, 0.3) is 0 Å². The number of benzene rings is 2. The largest absolute Gasteiger partial charge is 0.494 e. The van der Waals surface area contributed by atoms with Crippen molar-refractivity contribution >= 4 is 35.8 Å². The summed E-state index contributed by atoms with van der Waals surface area (Å²) < 4.78 is 5.78. The van der Waals surface area contributed by atoms with Gasteiger partial charge in [0, 0.05) is 38.2 Å². The Labute approximate surface area is 208 Å². The van der Waals surface area contributed by atoms with E-state index in [2.05, 4.69) is 66.9 Å². The summed E-state index contributed by atoms with van der Waals surface area (Å²) in [6.07, 6.45) is 1.65. The fourth-order valence-corrected chi connectivity index (χ4v) is 3.63. The third kappa shape index (κ3) is 7.69. The van der Waals surface area contributed by atoms with Gasteiger partial charge < -0.3 is 20.3 Å². The van der Waals surface area contributed by atoms with E-state index < -0.39 is 0 Å². The van der Waals surface area contributed by atoms with Gasteiger partial charge in [-0.25, -0.2) is 4.99 Å². The fourth-order valence-electron chi connectivity index (χ4n) is 3.63. The summed E-state index contributed by atoms with van der Waals surface area (Å²) in [5.41, 5.74) is 4.60. The van der Waals surface area contributed by atoms with Crippen LogP contribution in [0.4, 0.5) is 0 Å². The van der Waals surface area contributed by atoms with Gasteiger partial charge in [0.15, 0.2) is 5.96 Å². The number of rotatable bonds is 9. The Kier molecular flexibility index (Phi) is 10.8. The lowest BCUT2D eigenvalue weighted by atomic mass is 10.1. The molecule has 0 aromatic heterocycles. The third-order valence-corrected chi connectivity index (χ3v) is 5.30. The Morgan fingerprint density at radius 2 is 1.84 bits per heavy atom. The highest BCUT2D eigenvalue weighted by molar-refractivity contribution is 14.0. The molecular formula is C25H35IN4O2. The normalized spacial score (nSPS) is 13.7. The lowest BCUT2D eigenvalue weighted by Gasteiger charge is -2.16. The number of guanidine groups is 1. The number of nitrogens with one attached hydrogen (secondary N) is 2. The molecule has 2 aromatic rings. The van der Waals surface area contributed by atoms with Crippen LogP contribution in [0.3, 0.4) is 0 Å². The summed E-state index contributed by atoms with van der Waals surface area (Å²) in [6.45, 7) is 10.4. The molecule has 0 atom stereocenters. The van der Waals surface area contributed by atoms with Crippen molar-refractivity contribution in [2.45, 2.75) is 53.2 Å². The average Bonchev–Trinajstić information content (AvgIpc) is 3.17. The van der Waals surface area contributed by atoms with Gasteiger partial charge in [-0.3, -0.25) is 4.79 Å². The molecule has 0 aliphatic carbocycles. The van der Waals surface area contributed by atoms with Crippen molar-refractivity contribution in [2.24, 2.45) is 4.99 Å². The number of ether oxygens (including phenoxy) is 1. The second-order valence-electron chi connectivity index (χ2n) is 7.83. The van der Waals surface area contributed by atoms with E-state index in [0.717, 1.165) is 47.9 Å². The van der Waals surface area contributed by atoms with Crippen LogP contribution in [-0.4, -0.2) is 36.5 Å². The van der Waals surface area contributed by atoms with Gasteiger partial charge in [0.05, 0.1) is 13.2 Å². The molecule has 0 bridgehead atoms. The molecule has 0 saturated carbocycles. The number of nitrogens with zero attached hydrogens (tertiary/aromatic N) is 2. The first-order valence-electron chi connectivity index (χ1n) is 11.2. The summed E-state index contributed by atoms with van der Waals surface area (Å²) in [5.74, 6) is 1.95. The van der Waals surface area contributed by atoms with Gasteiger partial charge in [-0.1, -0.05) is 36.4 Å². The zero-order valence-electron chi connectivity index (χ0n) is 19.3. The molecule has 0 unspecified atom stereocenters. The smallest absolute Gasteiger partial charge is 0.222 e. The molecule has 2 N–H and O–H groups in total. The fraction of sp³-hybridized carbons (Fsp3) is 0.440. The molecular weight excluding hydrogens is 515 g/mol. The maximum atomic E-state index is 11.8. The van der Waals surface area contributed by atoms with Crippen molar-refractivity contribution < 1.29 is 9.53 Å². The SMILES string of the molecule is CCNC(=NCc1ccc(CN2CCCC2=O)cc1)NCc1ccc(C)cc1OCC.I. The van der Waals surface area contributed by atoms with Crippen molar-refractivity contribution in [2.75, 3.05) is 19.7 Å². The first-order valence-corrected chi connectivity index (χ1v) is 11.2. The highest BCUT2D eigenvalue weighted by Gasteiger charge is 2.19. The van der Waals surface area contributed by atoms with Crippen LogP contribution in [0.2, 0.25) is 0 Å². The number of amides is 1. The van der Waals surface area contributed by atoms with E-state index >= 15 is 0 Å². The average molecular weight is 550 g/mol. The molecule has 1 aliphatic rings. The van der Waals surface area contributed by atoms with E-state index in [0.29, 0.717) is 32.7 Å². The highest BCUT2D eigenvalue weighted by Crippen LogP contribution is 2.20. The predicted octanol–water partition coefficient (Wildman–Crippen LogP) is 4.39. The number of hydrogen-bond donors (Lipinski definition) is 2. The maximum absolute atomic E-state index is 11.8. The lowest BCUT2D eigenvalue weighted by Crippen LogP contribution is -2.36. The van der Waals surface area contributed by atoms with Crippen LogP contribution in [0.1, 0.15) is 48.9 Å². The van der Waals surface area contributed by atoms with Gasteiger partial charge in [-0.05, 0) is 49.9 Å². The third-order valence-electron chi connectivity index (χ3n) is 5.30. The summed E-state index contributed by atoms with van der Waals surface area (Å²) in [6, 6.07) is 14.6. The number of hydrogen-bond acceptors (Lipinski definition) is 3. The van der Waals surface area contributed by atoms with Crippen LogP contribution >= 0.6 is 24.0 Å². The molecule has 6 nitrogen and oxygen atoms in total. The summed E-state index contributed by atoms with van der Waals surface area (Å²) >= 11 is 0. The molecule has 1 aliphatic heterocycles. The molecule has 7 heteroatoms. The minimum absolute atomic E-state index is 0. The zero-order chi connectivity index (χ0) is 22.1. The second-order valence-corrected chi connectivity index (χ2v) is 7.83. The molecule has 0 radical (unpaired) electrons. The van der Waals surface area contributed by atoms with Gasteiger partial charge in [0.2, 0.25) is 5.91 Å². The first-order chi connectivity index (χ1) is 15.1. The Morgan fingerprint density at radius 1 is 1.09 bits per heavy atom. The van der Waals surface area contributed by atoms with Crippen molar-refractivity contribution in [3.63, 3.8) is 0 Å². The van der Waals surface area contributed by atoms with E-state index in [4.69, 9.17) is 9.73 Å². The van der Waals surface area contributed by atoms with Gasteiger partial charge >= 0.3 is 0 Å². The summed E-state index contributed by atoms with van der Waals surface area (Å²) in [4.78, 5) is 18.5. The Bertz CT molecular complexity index is 899. The lowest BCUT2D eigenvalue weighted by molar-refractivity contribution is -0.128. The van der Waals surface area contributed by atoms with Crippen molar-refractivity contribution in [1.29, 1.82) is 0 Å². The Hall–Kier alpha value is -2.29. The van der Waals surface area contributed by atoms with Crippen LogP contribution in [0.15, 0.2) is 47.5 Å². The molecule has 1 amide bonds. The minimum atomic E-state index is 0. The molecule has 3 rings (SSSR count). The molecule has 0 spiro atoms. The van der Waals surface area contributed by atoms with Crippen molar-refractivity contribution in [3.8, 4) is 5.75 Å². The number of likely N-dealkylation sites (tertiary alicyclic amines) is 1. The topological polar surface area (TPSA) is 66.0 Å². The van der Waals surface area contributed by atoms with E-state index in [1.807, 2.05) is 11.8 Å². The van der Waals surface area contributed by atoms with Gasteiger partial charge in [0.1, 0.15) is 5.75 Å². The molecule has 174 valence electrons. The summed E-state index contributed by atoms with van der Waals surface area (Å²) in [5, 5.41) is 6.71. The van der Waals surface area contributed by atoms with Crippen LogP contribution < -0.4 is 15.4 Å². The molecule has 1 fully saturated rings. The van der Waals surface area contributed by atoms with Gasteiger partial charge in [0.25, 0.3) is 0 Å². The molecule has 1 saturated heterocycles. The maximum Gasteiger partial charge on any atom is 0.222 e. The minimum Gasteiger partial charge on any atom is -0.494 e. The molecule has 2 aromatic carbocycles. The first kappa shape index (κ1) is 26.0. The van der Waals surface area contributed by atoms with Crippen LogP contribution in [-0.2, 0) is 24.4 Å². The second kappa shape index (κ2) is 13.3. The number of aryl methyl sites for hydroxylation is 1. The number of carbonyl (C=O) groups excluding carboxylic acids is 1.